The third-order valence-electron chi connectivity index (χ3n) is 4.49. The molecule has 9 nitrogen and oxygen atoms in total. The minimum Gasteiger partial charge on any atom is -0.488 e. The lowest BCUT2D eigenvalue weighted by molar-refractivity contribution is -0.141. The molecule has 0 saturated carbocycles. The largest absolute Gasteiger partial charge is 0.488 e. The number of carbonyl (C=O) groups is 2. The molecule has 1 unspecified atom stereocenters. The molecule has 0 bridgehead atoms. The normalized spacial score (nSPS) is 16.5. The number of aromatic nitrogens is 2. The number of benzene rings is 1. The third kappa shape index (κ3) is 4.43. The summed E-state index contributed by atoms with van der Waals surface area (Å²) in [5.41, 5.74) is 12.8. The van der Waals surface area contributed by atoms with Crippen molar-refractivity contribution in [3.05, 3.63) is 41.6 Å². The summed E-state index contributed by atoms with van der Waals surface area (Å²) in [6, 6.07) is 7.47. The highest BCUT2D eigenvalue weighted by Crippen LogP contribution is 2.23. The molecule has 2 heterocycles. The Bertz CT molecular complexity index is 857. The van der Waals surface area contributed by atoms with Crippen molar-refractivity contribution in [2.24, 2.45) is 5.92 Å². The van der Waals surface area contributed by atoms with E-state index < -0.39 is 11.9 Å². The van der Waals surface area contributed by atoms with Gasteiger partial charge >= 0.3 is 5.97 Å². The van der Waals surface area contributed by atoms with Crippen LogP contribution in [0.5, 0.6) is 5.75 Å². The fourth-order valence-electron chi connectivity index (χ4n) is 2.96. The second-order valence-electron chi connectivity index (χ2n) is 6.36. The van der Waals surface area contributed by atoms with Crippen molar-refractivity contribution < 1.29 is 19.4 Å². The lowest BCUT2D eigenvalue weighted by Crippen LogP contribution is -2.28. The zero-order valence-corrected chi connectivity index (χ0v) is 14.7. The second-order valence-corrected chi connectivity index (χ2v) is 6.36. The molecule has 1 aliphatic heterocycles. The van der Waals surface area contributed by atoms with Crippen LogP contribution in [-0.4, -0.2) is 44.9 Å². The first-order chi connectivity index (χ1) is 12.9. The fraction of sp³-hybridized carbons (Fsp3) is 0.333. The van der Waals surface area contributed by atoms with E-state index in [2.05, 4.69) is 9.97 Å². The summed E-state index contributed by atoms with van der Waals surface area (Å²) in [5.74, 6) is -0.660. The van der Waals surface area contributed by atoms with Gasteiger partial charge in [0.25, 0.3) is 0 Å². The van der Waals surface area contributed by atoms with E-state index in [1.165, 1.54) is 6.20 Å². The SMILES string of the molecule is Nc1ncc(COc2ccccc2CCN2CC(C(=O)O)CC2=O)c(N)n1. The number of carboxylic acids is 1. The Labute approximate surface area is 156 Å². The molecular weight excluding hydrogens is 350 g/mol. The van der Waals surface area contributed by atoms with Gasteiger partial charge in [0.05, 0.1) is 11.5 Å². The minimum atomic E-state index is -0.933. The highest BCUT2D eigenvalue weighted by Gasteiger charge is 2.33. The maximum Gasteiger partial charge on any atom is 0.308 e. The Hall–Kier alpha value is -3.36. The van der Waals surface area contributed by atoms with E-state index >= 15 is 0 Å². The molecule has 1 amide bonds. The summed E-state index contributed by atoms with van der Waals surface area (Å²) in [6.45, 7) is 0.874. The number of nitrogens with zero attached hydrogens (tertiary/aromatic N) is 3. The van der Waals surface area contributed by atoms with Gasteiger partial charge in [0.15, 0.2) is 0 Å². The number of likely N-dealkylation sites (tertiary alicyclic amines) is 1. The molecule has 0 aliphatic carbocycles. The number of rotatable bonds is 7. The molecule has 0 spiro atoms. The van der Waals surface area contributed by atoms with Crippen LogP contribution in [-0.2, 0) is 22.6 Å². The van der Waals surface area contributed by atoms with Gasteiger partial charge in [-0.2, -0.15) is 4.98 Å². The molecule has 27 heavy (non-hydrogen) atoms. The van der Waals surface area contributed by atoms with Gasteiger partial charge < -0.3 is 26.2 Å². The number of carbonyl (C=O) groups excluding carboxylic acids is 1. The van der Waals surface area contributed by atoms with E-state index in [-0.39, 0.29) is 37.2 Å². The van der Waals surface area contributed by atoms with Gasteiger partial charge in [-0.15, -0.1) is 0 Å². The topological polar surface area (TPSA) is 145 Å². The number of nitrogens with two attached hydrogens (primary N) is 2. The average Bonchev–Trinajstić information content (AvgIpc) is 3.01. The monoisotopic (exact) mass is 371 g/mol. The van der Waals surface area contributed by atoms with E-state index in [4.69, 9.17) is 21.3 Å². The fourth-order valence-corrected chi connectivity index (χ4v) is 2.96. The first-order valence-corrected chi connectivity index (χ1v) is 8.52. The van der Waals surface area contributed by atoms with Crippen LogP contribution in [0, 0.1) is 5.92 Å². The predicted octanol–water partition coefficient (Wildman–Crippen LogP) is 0.696. The van der Waals surface area contributed by atoms with Gasteiger partial charge in [-0.05, 0) is 18.1 Å². The smallest absolute Gasteiger partial charge is 0.308 e. The van der Waals surface area contributed by atoms with Gasteiger partial charge in [-0.25, -0.2) is 4.98 Å². The van der Waals surface area contributed by atoms with Crippen molar-refractivity contribution in [1.29, 1.82) is 0 Å². The molecule has 1 atom stereocenters. The average molecular weight is 371 g/mol. The zero-order chi connectivity index (χ0) is 19.4. The van der Waals surface area contributed by atoms with Crippen molar-refractivity contribution in [3.63, 3.8) is 0 Å². The maximum absolute atomic E-state index is 12.0. The maximum atomic E-state index is 12.0. The third-order valence-corrected chi connectivity index (χ3v) is 4.49. The number of carboxylic acid groups (broad SMARTS) is 1. The molecule has 5 N–H and O–H groups in total. The van der Waals surface area contributed by atoms with Gasteiger partial charge in [0, 0.05) is 25.7 Å². The highest BCUT2D eigenvalue weighted by molar-refractivity contribution is 5.86. The van der Waals surface area contributed by atoms with E-state index in [1.54, 1.807) is 4.90 Å². The Morgan fingerprint density at radius 1 is 1.30 bits per heavy atom. The Morgan fingerprint density at radius 2 is 2.07 bits per heavy atom. The van der Waals surface area contributed by atoms with Crippen molar-refractivity contribution in [2.75, 3.05) is 24.6 Å². The molecule has 2 aromatic rings. The summed E-state index contributed by atoms with van der Waals surface area (Å²) in [4.78, 5) is 32.4. The van der Waals surface area contributed by atoms with Crippen LogP contribution in [0.2, 0.25) is 0 Å². The molecular formula is C18H21N5O4. The van der Waals surface area contributed by atoms with Crippen LogP contribution in [0.25, 0.3) is 0 Å². The van der Waals surface area contributed by atoms with Gasteiger partial charge in [0.1, 0.15) is 18.2 Å². The van der Waals surface area contributed by atoms with Gasteiger partial charge in [-0.3, -0.25) is 9.59 Å². The molecule has 1 aliphatic rings. The van der Waals surface area contributed by atoms with Crippen LogP contribution < -0.4 is 16.2 Å². The van der Waals surface area contributed by atoms with E-state index in [0.29, 0.717) is 24.3 Å². The lowest BCUT2D eigenvalue weighted by atomic mass is 10.1. The van der Waals surface area contributed by atoms with Crippen LogP contribution >= 0.6 is 0 Å². The highest BCUT2D eigenvalue weighted by atomic mass is 16.5. The number of anilines is 2. The van der Waals surface area contributed by atoms with Crippen molar-refractivity contribution in [1.82, 2.24) is 14.9 Å². The second kappa shape index (κ2) is 7.90. The number of para-hydroxylation sites is 1. The van der Waals surface area contributed by atoms with Crippen molar-refractivity contribution in [3.8, 4) is 5.75 Å². The van der Waals surface area contributed by atoms with Crippen LogP contribution in [0.15, 0.2) is 30.5 Å². The number of hydrogen-bond acceptors (Lipinski definition) is 7. The predicted molar refractivity (Wildman–Crippen MR) is 97.7 cm³/mol. The summed E-state index contributed by atoms with van der Waals surface area (Å²) < 4.78 is 5.85. The van der Waals surface area contributed by atoms with E-state index in [0.717, 1.165) is 5.56 Å². The van der Waals surface area contributed by atoms with Crippen LogP contribution in [0.4, 0.5) is 11.8 Å². The summed E-state index contributed by atoms with van der Waals surface area (Å²) in [7, 11) is 0. The molecule has 0 radical (unpaired) electrons. The van der Waals surface area contributed by atoms with Crippen molar-refractivity contribution in [2.45, 2.75) is 19.4 Å². The Balaban J connectivity index is 1.62. The molecule has 1 aromatic heterocycles. The lowest BCUT2D eigenvalue weighted by Gasteiger charge is -2.17. The molecule has 9 heteroatoms. The Morgan fingerprint density at radius 3 is 2.78 bits per heavy atom. The molecule has 1 saturated heterocycles. The summed E-state index contributed by atoms with van der Waals surface area (Å²) in [5, 5.41) is 9.07. The Kier molecular flexibility index (Phi) is 5.39. The molecule has 142 valence electrons. The number of aliphatic carboxylic acids is 1. The van der Waals surface area contributed by atoms with Gasteiger partial charge in [0.2, 0.25) is 11.9 Å². The molecule has 3 rings (SSSR count). The molecule has 1 aromatic carbocycles. The van der Waals surface area contributed by atoms with Crippen LogP contribution in [0.3, 0.4) is 0 Å². The van der Waals surface area contributed by atoms with Crippen molar-refractivity contribution >= 4 is 23.6 Å². The van der Waals surface area contributed by atoms with E-state index in [1.807, 2.05) is 24.3 Å². The number of ether oxygens (including phenoxy) is 1. The number of amides is 1. The summed E-state index contributed by atoms with van der Waals surface area (Å²) >= 11 is 0. The number of nitrogen functional groups attached to an aromatic ring is 2. The standard InChI is InChI=1S/C18H21N5O4/c19-16-13(8-21-18(20)22-16)10-27-14-4-2-1-3-11(14)5-6-23-9-12(17(25)26)7-15(23)24/h1-4,8,12H,5-7,9-10H2,(H,25,26)(H4,19,20,21,22). The van der Waals surface area contributed by atoms with Gasteiger partial charge in [-0.1, -0.05) is 18.2 Å². The quantitative estimate of drug-likeness (QED) is 0.645. The minimum absolute atomic E-state index is 0.0594. The van der Waals surface area contributed by atoms with E-state index in [9.17, 15) is 9.59 Å². The zero-order valence-electron chi connectivity index (χ0n) is 14.7. The molecule has 1 fully saturated rings. The number of hydrogen-bond donors (Lipinski definition) is 3. The first-order valence-electron chi connectivity index (χ1n) is 8.52. The van der Waals surface area contributed by atoms with Crippen LogP contribution in [0.1, 0.15) is 17.5 Å². The first kappa shape index (κ1) is 18.4. The summed E-state index contributed by atoms with van der Waals surface area (Å²) in [6.07, 6.45) is 2.14.